The number of hydrogen-bond acceptors (Lipinski definition) is 4. The predicted octanol–water partition coefficient (Wildman–Crippen LogP) is 5.52. The first-order chi connectivity index (χ1) is 17.3. The first kappa shape index (κ1) is 28.0. The molecule has 0 bridgehead atoms. The van der Waals surface area contributed by atoms with Crippen molar-refractivity contribution in [3.05, 3.63) is 81.6 Å². The zero-order valence-corrected chi connectivity index (χ0v) is 22.8. The van der Waals surface area contributed by atoms with Gasteiger partial charge >= 0.3 is 0 Å². The van der Waals surface area contributed by atoms with Crippen molar-refractivity contribution in [1.29, 1.82) is 0 Å². The molecule has 1 unspecified atom stereocenters. The SMILES string of the molecule is C=C1C2=C(C)/C(=C/CC)C(C(=O)NCc3cccc(C)c3F)=C3CCC(CN1CC)N32.NCCCCl. The standard InChI is InChI=1S/C26H32FN3O.C3H8ClN/c1-6-9-21-17(4)25-18(5)29(7-2)15-20-12-13-22(30(20)25)23(21)26(31)28-14-19-11-8-10-16(3)24(19)27;4-2-1-3-5/h8-11,20H,5-7,12-15H2,1-4H3,(H,28,31);1-3,5H2/b21-9-;. The van der Waals surface area contributed by atoms with Crippen LogP contribution >= 0.6 is 11.6 Å². The van der Waals surface area contributed by atoms with Crippen molar-refractivity contribution in [3.8, 4) is 0 Å². The van der Waals surface area contributed by atoms with Gasteiger partial charge in [-0.3, -0.25) is 4.79 Å². The molecule has 0 radical (unpaired) electrons. The summed E-state index contributed by atoms with van der Waals surface area (Å²) in [5.41, 5.74) is 12.3. The maximum absolute atomic E-state index is 14.4. The largest absolute Gasteiger partial charge is 0.369 e. The zero-order chi connectivity index (χ0) is 26.4. The molecule has 1 atom stereocenters. The lowest BCUT2D eigenvalue weighted by atomic mass is 9.88. The molecule has 7 heteroatoms. The lowest BCUT2D eigenvalue weighted by Crippen LogP contribution is -2.48. The van der Waals surface area contributed by atoms with Crippen molar-refractivity contribution in [2.24, 2.45) is 5.73 Å². The minimum absolute atomic E-state index is 0.127. The van der Waals surface area contributed by atoms with Crippen molar-refractivity contribution in [2.75, 3.05) is 25.5 Å². The van der Waals surface area contributed by atoms with Crippen LogP contribution in [0.25, 0.3) is 0 Å². The highest BCUT2D eigenvalue weighted by atomic mass is 35.5. The molecule has 1 aromatic rings. The van der Waals surface area contributed by atoms with Crippen LogP contribution in [-0.4, -0.2) is 47.3 Å². The first-order valence-corrected chi connectivity index (χ1v) is 13.5. The van der Waals surface area contributed by atoms with Crippen LogP contribution in [-0.2, 0) is 11.3 Å². The van der Waals surface area contributed by atoms with E-state index in [4.69, 9.17) is 17.3 Å². The van der Waals surface area contributed by atoms with E-state index in [1.165, 1.54) is 0 Å². The van der Waals surface area contributed by atoms with Gasteiger partial charge in [-0.1, -0.05) is 37.8 Å². The Balaban J connectivity index is 0.000000658. The molecule has 2 saturated heterocycles. The number of hydrogen-bond donors (Lipinski definition) is 2. The Bertz CT molecular complexity index is 1090. The number of rotatable bonds is 7. The van der Waals surface area contributed by atoms with Crippen molar-refractivity contribution < 1.29 is 9.18 Å². The van der Waals surface area contributed by atoms with Gasteiger partial charge in [0.25, 0.3) is 5.91 Å². The molecule has 3 aliphatic rings. The number of allylic oxidation sites excluding steroid dienone is 3. The minimum atomic E-state index is -0.250. The van der Waals surface area contributed by atoms with E-state index in [0.29, 0.717) is 29.6 Å². The monoisotopic (exact) mass is 514 g/mol. The summed E-state index contributed by atoms with van der Waals surface area (Å²) in [4.78, 5) is 18.2. The maximum Gasteiger partial charge on any atom is 0.253 e. The smallest absolute Gasteiger partial charge is 0.253 e. The lowest BCUT2D eigenvalue weighted by Gasteiger charge is -2.46. The summed E-state index contributed by atoms with van der Waals surface area (Å²) in [6, 6.07) is 5.66. The molecule has 36 heavy (non-hydrogen) atoms. The van der Waals surface area contributed by atoms with E-state index in [2.05, 4.69) is 48.5 Å². The highest BCUT2D eigenvalue weighted by Crippen LogP contribution is 2.48. The van der Waals surface area contributed by atoms with Crippen molar-refractivity contribution in [1.82, 2.24) is 15.1 Å². The van der Waals surface area contributed by atoms with Gasteiger partial charge in [-0.05, 0) is 69.7 Å². The molecule has 196 valence electrons. The number of alkyl halides is 1. The number of nitrogens with two attached hydrogens (primary N) is 1. The maximum atomic E-state index is 14.4. The van der Waals surface area contributed by atoms with Gasteiger partial charge in [0, 0.05) is 36.8 Å². The van der Waals surface area contributed by atoms with Gasteiger partial charge in [-0.15, -0.1) is 11.6 Å². The number of nitrogens with zero attached hydrogens (tertiary/aromatic N) is 2. The molecule has 0 saturated carbocycles. The molecule has 0 aliphatic carbocycles. The molecule has 0 aromatic heterocycles. The summed E-state index contributed by atoms with van der Waals surface area (Å²) in [6.07, 6.45) is 5.80. The topological polar surface area (TPSA) is 61.6 Å². The van der Waals surface area contributed by atoms with Gasteiger partial charge in [0.05, 0.1) is 23.0 Å². The van der Waals surface area contributed by atoms with Gasteiger partial charge in [0.2, 0.25) is 0 Å². The first-order valence-electron chi connectivity index (χ1n) is 13.0. The van der Waals surface area contributed by atoms with Crippen LogP contribution in [0.2, 0.25) is 0 Å². The fourth-order valence-corrected chi connectivity index (χ4v) is 5.40. The Morgan fingerprint density at radius 1 is 1.33 bits per heavy atom. The number of likely N-dealkylation sites (N-methyl/N-ethyl adjacent to an activating group) is 1. The van der Waals surface area contributed by atoms with Crippen molar-refractivity contribution >= 4 is 17.5 Å². The normalized spacial score (nSPS) is 20.0. The molecular weight excluding hydrogens is 475 g/mol. The zero-order valence-electron chi connectivity index (χ0n) is 22.1. The summed E-state index contributed by atoms with van der Waals surface area (Å²) in [5, 5.41) is 3.00. The third-order valence-corrected chi connectivity index (χ3v) is 7.35. The molecule has 1 aromatic carbocycles. The molecule has 3 heterocycles. The predicted molar refractivity (Wildman–Crippen MR) is 147 cm³/mol. The molecule has 3 N–H and O–H groups in total. The summed E-state index contributed by atoms with van der Waals surface area (Å²) >= 11 is 5.22. The van der Waals surface area contributed by atoms with E-state index in [-0.39, 0.29) is 18.3 Å². The molecule has 4 rings (SSSR count). The van der Waals surface area contributed by atoms with Gasteiger partial charge in [0.15, 0.2) is 0 Å². The highest BCUT2D eigenvalue weighted by molar-refractivity contribution is 6.17. The number of benzene rings is 1. The average molecular weight is 515 g/mol. The molecule has 5 nitrogen and oxygen atoms in total. The highest BCUT2D eigenvalue weighted by Gasteiger charge is 2.44. The number of aryl methyl sites for hydroxylation is 1. The van der Waals surface area contributed by atoms with E-state index in [1.54, 1.807) is 19.1 Å². The van der Waals surface area contributed by atoms with E-state index in [9.17, 15) is 9.18 Å². The summed E-state index contributed by atoms with van der Waals surface area (Å²) in [6.45, 7) is 15.2. The number of piperazine rings is 1. The number of carbonyl (C=O) groups is 1. The van der Waals surface area contributed by atoms with Crippen LogP contribution in [0, 0.1) is 12.7 Å². The van der Waals surface area contributed by atoms with E-state index >= 15 is 0 Å². The number of nitrogens with one attached hydrogen (secondary N) is 1. The Labute approximate surface area is 220 Å². The van der Waals surface area contributed by atoms with Gasteiger partial charge in [-0.2, -0.15) is 0 Å². The molecule has 3 aliphatic heterocycles. The quantitative estimate of drug-likeness (QED) is 0.470. The average Bonchev–Trinajstić information content (AvgIpc) is 3.28. The summed E-state index contributed by atoms with van der Waals surface area (Å²) in [7, 11) is 0. The molecular formula is C29H40ClFN4O. The fraction of sp³-hybridized carbons (Fsp3) is 0.483. The third kappa shape index (κ3) is 5.55. The van der Waals surface area contributed by atoms with E-state index < -0.39 is 0 Å². The number of carbonyl (C=O) groups excluding carboxylic acids is 1. The van der Waals surface area contributed by atoms with Crippen LogP contribution in [0.5, 0.6) is 0 Å². The Morgan fingerprint density at radius 3 is 2.69 bits per heavy atom. The van der Waals surface area contributed by atoms with Crippen LogP contribution < -0.4 is 11.1 Å². The molecule has 1 amide bonds. The number of amides is 1. The second-order valence-corrected chi connectivity index (χ2v) is 9.81. The lowest BCUT2D eigenvalue weighted by molar-refractivity contribution is -0.117. The van der Waals surface area contributed by atoms with Gasteiger partial charge in [0.1, 0.15) is 5.82 Å². The Hall–Kier alpha value is -2.57. The molecule has 2 fully saturated rings. The van der Waals surface area contributed by atoms with Crippen molar-refractivity contribution in [3.63, 3.8) is 0 Å². The van der Waals surface area contributed by atoms with Crippen molar-refractivity contribution in [2.45, 2.75) is 66.0 Å². The van der Waals surface area contributed by atoms with Crippen LogP contribution in [0.3, 0.4) is 0 Å². The Morgan fingerprint density at radius 2 is 2.08 bits per heavy atom. The van der Waals surface area contributed by atoms with Crippen LogP contribution in [0.15, 0.2) is 64.7 Å². The second-order valence-electron chi connectivity index (χ2n) is 9.43. The van der Waals surface area contributed by atoms with Crippen LogP contribution in [0.4, 0.5) is 4.39 Å². The van der Waals surface area contributed by atoms with E-state index in [0.717, 1.165) is 72.6 Å². The van der Waals surface area contributed by atoms with Gasteiger partial charge < -0.3 is 20.9 Å². The summed E-state index contributed by atoms with van der Waals surface area (Å²) in [5.74, 6) is 0.314. The van der Waals surface area contributed by atoms with Crippen LogP contribution in [0.1, 0.15) is 57.6 Å². The Kier molecular flexibility index (Phi) is 9.80. The van der Waals surface area contributed by atoms with Gasteiger partial charge in [-0.25, -0.2) is 4.39 Å². The fourth-order valence-electron chi connectivity index (χ4n) is 5.25. The summed E-state index contributed by atoms with van der Waals surface area (Å²) < 4.78 is 14.4. The number of halogens is 2. The minimum Gasteiger partial charge on any atom is -0.369 e. The molecule has 0 spiro atoms. The second kappa shape index (κ2) is 12.6. The third-order valence-electron chi connectivity index (χ3n) is 7.08. The van der Waals surface area contributed by atoms with E-state index in [1.807, 2.05) is 6.07 Å².